The number of carbonyl (C=O) groups excluding carboxylic acids is 2. The SMILES string of the molecule is CC(C)CN1C(=O)C(=C2C(=O)N(Cc3ccccc3)c3ccc(Br)cc32)SC1=S. The number of rotatable bonds is 4. The van der Waals surface area contributed by atoms with E-state index in [2.05, 4.69) is 15.9 Å². The Hall–Kier alpha value is -1.96. The van der Waals surface area contributed by atoms with Crippen molar-refractivity contribution in [2.24, 2.45) is 5.92 Å². The number of carbonyl (C=O) groups is 2. The summed E-state index contributed by atoms with van der Waals surface area (Å²) < 4.78 is 1.37. The molecule has 2 aromatic carbocycles. The van der Waals surface area contributed by atoms with Crippen LogP contribution in [0.2, 0.25) is 0 Å². The Bertz CT molecular complexity index is 1050. The molecule has 0 aliphatic carbocycles. The van der Waals surface area contributed by atoms with Crippen molar-refractivity contribution in [3.63, 3.8) is 0 Å². The topological polar surface area (TPSA) is 40.6 Å². The third kappa shape index (κ3) is 3.79. The molecule has 0 spiro atoms. The maximum absolute atomic E-state index is 13.5. The van der Waals surface area contributed by atoms with Crippen molar-refractivity contribution in [2.75, 3.05) is 11.4 Å². The van der Waals surface area contributed by atoms with Gasteiger partial charge >= 0.3 is 0 Å². The summed E-state index contributed by atoms with van der Waals surface area (Å²) in [5.74, 6) is -0.0475. The van der Waals surface area contributed by atoms with E-state index < -0.39 is 0 Å². The predicted octanol–water partition coefficient (Wildman–Crippen LogP) is 5.22. The predicted molar refractivity (Wildman–Crippen MR) is 125 cm³/mol. The van der Waals surface area contributed by atoms with Gasteiger partial charge in [0.2, 0.25) is 0 Å². The molecule has 2 aromatic rings. The first kappa shape index (κ1) is 20.3. The third-order valence-corrected chi connectivity index (χ3v) is 6.73. The molecule has 0 aromatic heterocycles. The molecular weight excluding hydrogens is 468 g/mol. The van der Waals surface area contributed by atoms with E-state index in [-0.39, 0.29) is 17.7 Å². The zero-order valence-electron chi connectivity index (χ0n) is 16.0. The molecule has 148 valence electrons. The van der Waals surface area contributed by atoms with Crippen molar-refractivity contribution < 1.29 is 9.59 Å². The number of hydrogen-bond acceptors (Lipinski definition) is 4. The maximum Gasteiger partial charge on any atom is 0.267 e. The lowest BCUT2D eigenvalue weighted by atomic mass is 10.1. The minimum Gasteiger partial charge on any atom is -0.303 e. The van der Waals surface area contributed by atoms with Crippen LogP contribution in [0.3, 0.4) is 0 Å². The first-order chi connectivity index (χ1) is 13.9. The van der Waals surface area contributed by atoms with Crippen LogP contribution in [0.4, 0.5) is 5.69 Å². The summed E-state index contributed by atoms with van der Waals surface area (Å²) in [7, 11) is 0. The zero-order valence-corrected chi connectivity index (χ0v) is 19.2. The number of fused-ring (bicyclic) bond motifs is 1. The molecule has 0 unspecified atom stereocenters. The Morgan fingerprint density at radius 1 is 1.03 bits per heavy atom. The second kappa shape index (κ2) is 8.05. The number of nitrogens with zero attached hydrogens (tertiary/aromatic N) is 2. The number of halogens is 1. The van der Waals surface area contributed by atoms with Gasteiger partial charge in [-0.15, -0.1) is 0 Å². The summed E-state index contributed by atoms with van der Waals surface area (Å²) in [5.41, 5.74) is 3.06. The highest BCUT2D eigenvalue weighted by Gasteiger charge is 2.42. The number of amides is 2. The Morgan fingerprint density at radius 2 is 1.76 bits per heavy atom. The van der Waals surface area contributed by atoms with Gasteiger partial charge in [0.25, 0.3) is 11.8 Å². The van der Waals surface area contributed by atoms with Gasteiger partial charge in [-0.3, -0.25) is 14.5 Å². The number of anilines is 1. The van der Waals surface area contributed by atoms with Gasteiger partial charge in [0, 0.05) is 16.6 Å². The van der Waals surface area contributed by atoms with Crippen LogP contribution in [0, 0.1) is 5.92 Å². The molecule has 4 nitrogen and oxygen atoms in total. The quantitative estimate of drug-likeness (QED) is 0.438. The van der Waals surface area contributed by atoms with Gasteiger partial charge in [0.05, 0.1) is 22.7 Å². The monoisotopic (exact) mass is 486 g/mol. The van der Waals surface area contributed by atoms with Crippen LogP contribution in [0.1, 0.15) is 25.0 Å². The average Bonchev–Trinajstić information content (AvgIpc) is 3.10. The Labute approximate surface area is 188 Å². The van der Waals surface area contributed by atoms with E-state index in [1.165, 1.54) is 11.8 Å². The average molecular weight is 487 g/mol. The minimum atomic E-state index is -0.176. The summed E-state index contributed by atoms with van der Waals surface area (Å²) in [6.45, 7) is 5.08. The van der Waals surface area contributed by atoms with Crippen LogP contribution in [0.25, 0.3) is 5.57 Å². The highest BCUT2D eigenvalue weighted by Crippen LogP contribution is 2.46. The van der Waals surface area contributed by atoms with Crippen LogP contribution in [-0.4, -0.2) is 27.6 Å². The standard InChI is InChI=1S/C22H19BrN2O2S2/c1-13(2)11-25-21(27)19(29-22(25)28)18-16-10-15(23)8-9-17(16)24(20(18)26)12-14-6-4-3-5-7-14/h3-10,13H,11-12H2,1-2H3. The fourth-order valence-electron chi connectivity index (χ4n) is 3.52. The largest absolute Gasteiger partial charge is 0.303 e. The van der Waals surface area contributed by atoms with Crippen molar-refractivity contribution in [3.8, 4) is 0 Å². The lowest BCUT2D eigenvalue weighted by Gasteiger charge is -2.17. The molecule has 0 atom stereocenters. The number of hydrogen-bond donors (Lipinski definition) is 0. The molecule has 0 saturated carbocycles. The summed E-state index contributed by atoms with van der Waals surface area (Å²) in [5, 5.41) is 0. The summed E-state index contributed by atoms with van der Waals surface area (Å²) in [6, 6.07) is 15.6. The summed E-state index contributed by atoms with van der Waals surface area (Å²) in [6.07, 6.45) is 0. The van der Waals surface area contributed by atoms with Gasteiger partial charge in [-0.25, -0.2) is 0 Å². The molecule has 2 aliphatic heterocycles. The lowest BCUT2D eigenvalue weighted by molar-refractivity contribution is -0.122. The summed E-state index contributed by atoms with van der Waals surface area (Å²) in [4.78, 5) is 30.4. The molecule has 0 radical (unpaired) electrons. The molecule has 2 amide bonds. The molecule has 7 heteroatoms. The van der Waals surface area contributed by atoms with E-state index in [0.717, 1.165) is 21.3 Å². The molecule has 1 fully saturated rings. The normalized spacial score (nSPS) is 19.0. The Morgan fingerprint density at radius 3 is 2.45 bits per heavy atom. The fraction of sp³-hybridized carbons (Fsp3) is 0.227. The zero-order chi connectivity index (χ0) is 20.7. The molecule has 2 heterocycles. The van der Waals surface area contributed by atoms with Gasteiger partial charge in [0.1, 0.15) is 4.32 Å². The van der Waals surface area contributed by atoms with Gasteiger partial charge in [0.15, 0.2) is 0 Å². The first-order valence-corrected chi connectivity index (χ1v) is 11.3. The Balaban J connectivity index is 1.80. The van der Waals surface area contributed by atoms with Crippen LogP contribution >= 0.6 is 39.9 Å². The van der Waals surface area contributed by atoms with Gasteiger partial charge in [-0.05, 0) is 29.7 Å². The Kier molecular flexibility index (Phi) is 5.64. The third-order valence-electron chi connectivity index (χ3n) is 4.79. The number of thioether (sulfide) groups is 1. The molecule has 2 aliphatic rings. The van der Waals surface area contributed by atoms with Crippen molar-refractivity contribution in [3.05, 3.63) is 69.0 Å². The highest BCUT2D eigenvalue weighted by atomic mass is 79.9. The summed E-state index contributed by atoms with van der Waals surface area (Å²) >= 11 is 10.2. The molecule has 0 N–H and O–H groups in total. The smallest absolute Gasteiger partial charge is 0.267 e. The van der Waals surface area contributed by atoms with E-state index in [9.17, 15) is 9.59 Å². The van der Waals surface area contributed by atoms with Gasteiger partial charge in [-0.1, -0.05) is 84.1 Å². The van der Waals surface area contributed by atoms with Crippen molar-refractivity contribution in [1.82, 2.24) is 4.90 Å². The molecule has 29 heavy (non-hydrogen) atoms. The lowest BCUT2D eigenvalue weighted by Crippen LogP contribution is -2.32. The van der Waals surface area contributed by atoms with E-state index in [0.29, 0.717) is 27.9 Å². The van der Waals surface area contributed by atoms with Crippen LogP contribution in [0.15, 0.2) is 57.9 Å². The molecule has 0 bridgehead atoms. The second-order valence-electron chi connectivity index (χ2n) is 7.42. The number of thiocarbonyl (C=S) groups is 1. The van der Waals surface area contributed by atoms with Crippen molar-refractivity contribution in [2.45, 2.75) is 20.4 Å². The van der Waals surface area contributed by atoms with Crippen LogP contribution in [-0.2, 0) is 16.1 Å². The van der Waals surface area contributed by atoms with Gasteiger partial charge in [-0.2, -0.15) is 0 Å². The van der Waals surface area contributed by atoms with Crippen molar-refractivity contribution in [1.29, 1.82) is 0 Å². The van der Waals surface area contributed by atoms with Crippen molar-refractivity contribution >= 4 is 67.3 Å². The van der Waals surface area contributed by atoms with Gasteiger partial charge < -0.3 is 4.90 Å². The van der Waals surface area contributed by atoms with Crippen LogP contribution < -0.4 is 4.90 Å². The maximum atomic E-state index is 13.5. The molecular formula is C22H19BrN2O2S2. The van der Waals surface area contributed by atoms with E-state index in [1.54, 1.807) is 9.80 Å². The molecule has 4 rings (SSSR count). The molecule has 1 saturated heterocycles. The van der Waals surface area contributed by atoms with E-state index >= 15 is 0 Å². The first-order valence-electron chi connectivity index (χ1n) is 9.30. The minimum absolute atomic E-state index is 0.160. The van der Waals surface area contributed by atoms with Crippen LogP contribution in [0.5, 0.6) is 0 Å². The van der Waals surface area contributed by atoms with E-state index in [1.807, 2.05) is 62.4 Å². The van der Waals surface area contributed by atoms with E-state index in [4.69, 9.17) is 12.2 Å². The fourth-order valence-corrected chi connectivity index (χ4v) is 5.23. The number of benzene rings is 2. The second-order valence-corrected chi connectivity index (χ2v) is 9.98. The highest BCUT2D eigenvalue weighted by molar-refractivity contribution is 9.10.